The summed E-state index contributed by atoms with van der Waals surface area (Å²) in [5.74, 6) is 0. The molecule has 0 fully saturated rings. The van der Waals surface area contributed by atoms with Gasteiger partial charge in [0.15, 0.2) is 0 Å². The lowest BCUT2D eigenvalue weighted by molar-refractivity contribution is 0.640. The van der Waals surface area contributed by atoms with Crippen molar-refractivity contribution in [1.82, 2.24) is 24.4 Å². The van der Waals surface area contributed by atoms with Crippen LogP contribution in [-0.2, 0) is 6.54 Å². The zero-order valence-corrected chi connectivity index (χ0v) is 11.1. The molecule has 3 aromatic heterocycles. The van der Waals surface area contributed by atoms with Gasteiger partial charge in [-0.05, 0) is 19.1 Å². The second kappa shape index (κ2) is 4.64. The highest BCUT2D eigenvalue weighted by Crippen LogP contribution is 2.12. The van der Waals surface area contributed by atoms with Crippen LogP contribution in [0.5, 0.6) is 0 Å². The Morgan fingerprint density at radius 2 is 2.16 bits per heavy atom. The van der Waals surface area contributed by atoms with E-state index in [9.17, 15) is 0 Å². The fourth-order valence-corrected chi connectivity index (χ4v) is 2.03. The number of nitrogens with zero attached hydrogens (tertiary/aromatic N) is 5. The summed E-state index contributed by atoms with van der Waals surface area (Å²) in [7, 11) is 0. The van der Waals surface area contributed by atoms with E-state index in [-0.39, 0.29) is 6.04 Å². The molecule has 0 amide bonds. The van der Waals surface area contributed by atoms with Gasteiger partial charge in [0.05, 0.1) is 29.2 Å². The molecule has 0 aliphatic carbocycles. The highest BCUT2D eigenvalue weighted by molar-refractivity contribution is 6.30. The quantitative estimate of drug-likeness (QED) is 0.789. The second-order valence-electron chi connectivity index (χ2n) is 4.47. The van der Waals surface area contributed by atoms with Crippen molar-refractivity contribution in [3.8, 4) is 0 Å². The number of nitrogens with two attached hydrogens (primary N) is 1. The fourth-order valence-electron chi connectivity index (χ4n) is 1.86. The van der Waals surface area contributed by atoms with Crippen LogP contribution < -0.4 is 5.73 Å². The average Bonchev–Trinajstić information content (AvgIpc) is 2.95. The molecule has 2 N–H and O–H groups in total. The zero-order valence-electron chi connectivity index (χ0n) is 10.4. The predicted octanol–water partition coefficient (Wildman–Crippen LogP) is 1.65. The average molecular weight is 277 g/mol. The van der Waals surface area contributed by atoms with Gasteiger partial charge < -0.3 is 10.1 Å². The van der Waals surface area contributed by atoms with Crippen molar-refractivity contribution >= 4 is 17.2 Å². The van der Waals surface area contributed by atoms with Crippen LogP contribution >= 0.6 is 11.6 Å². The molecule has 1 unspecified atom stereocenters. The van der Waals surface area contributed by atoms with E-state index in [0.29, 0.717) is 11.6 Å². The molecule has 0 saturated carbocycles. The molecule has 1 atom stereocenters. The topological polar surface area (TPSA) is 74.0 Å². The highest BCUT2D eigenvalue weighted by Gasteiger charge is 2.07. The maximum Gasteiger partial charge on any atom is 0.137 e. The number of pyridine rings is 1. The van der Waals surface area contributed by atoms with E-state index in [0.717, 1.165) is 17.0 Å². The molecule has 0 bridgehead atoms. The molecule has 98 valence electrons. The van der Waals surface area contributed by atoms with Gasteiger partial charge in [0.2, 0.25) is 0 Å². The normalized spacial score (nSPS) is 13.0. The molecule has 0 aliphatic heterocycles. The van der Waals surface area contributed by atoms with Gasteiger partial charge in [-0.3, -0.25) is 0 Å². The maximum absolute atomic E-state index is 5.94. The molecule has 19 heavy (non-hydrogen) atoms. The van der Waals surface area contributed by atoms with Gasteiger partial charge in [-0.15, -0.1) is 5.10 Å². The minimum absolute atomic E-state index is 0.117. The molecule has 3 aromatic rings. The van der Waals surface area contributed by atoms with E-state index in [4.69, 9.17) is 17.3 Å². The van der Waals surface area contributed by atoms with Crippen LogP contribution in [0.2, 0.25) is 5.02 Å². The molecule has 0 aromatic carbocycles. The Morgan fingerprint density at radius 1 is 1.32 bits per heavy atom. The summed E-state index contributed by atoms with van der Waals surface area (Å²) in [4.78, 5) is 4.49. The van der Waals surface area contributed by atoms with Crippen LogP contribution in [0.3, 0.4) is 0 Å². The summed E-state index contributed by atoms with van der Waals surface area (Å²) in [6, 6.07) is 3.58. The fraction of sp³-hybridized carbons (Fsp3) is 0.250. The first-order chi connectivity index (χ1) is 9.11. The van der Waals surface area contributed by atoms with E-state index in [1.807, 2.05) is 42.0 Å². The Hall–Kier alpha value is -1.92. The number of imidazole rings is 1. The number of fused-ring (bicyclic) bond motifs is 1. The lowest BCUT2D eigenvalue weighted by Gasteiger charge is -1.96. The molecule has 0 spiro atoms. The van der Waals surface area contributed by atoms with E-state index in [1.54, 1.807) is 4.68 Å². The smallest absolute Gasteiger partial charge is 0.137 e. The van der Waals surface area contributed by atoms with E-state index < -0.39 is 0 Å². The van der Waals surface area contributed by atoms with Gasteiger partial charge in [0, 0.05) is 18.4 Å². The van der Waals surface area contributed by atoms with Gasteiger partial charge in [-0.2, -0.15) is 0 Å². The van der Waals surface area contributed by atoms with Crippen LogP contribution in [0.1, 0.15) is 24.4 Å². The molecule has 0 saturated heterocycles. The third kappa shape index (κ3) is 2.45. The number of hydrogen-bond acceptors (Lipinski definition) is 4. The first-order valence-electron chi connectivity index (χ1n) is 5.90. The van der Waals surface area contributed by atoms with Crippen LogP contribution in [0.4, 0.5) is 0 Å². The number of halogens is 1. The number of aromatic nitrogens is 5. The van der Waals surface area contributed by atoms with E-state index in [1.165, 1.54) is 0 Å². The summed E-state index contributed by atoms with van der Waals surface area (Å²) in [5, 5.41) is 8.72. The van der Waals surface area contributed by atoms with Gasteiger partial charge in [0.1, 0.15) is 5.65 Å². The SMILES string of the molecule is CC(N)c1cn(Cc2cn3cc(Cl)ccc3n2)nn1. The Morgan fingerprint density at radius 3 is 2.89 bits per heavy atom. The molecule has 6 nitrogen and oxygen atoms in total. The van der Waals surface area contributed by atoms with Crippen molar-refractivity contribution in [3.63, 3.8) is 0 Å². The molecular formula is C12H13ClN6. The van der Waals surface area contributed by atoms with Crippen LogP contribution in [0, 0.1) is 0 Å². The van der Waals surface area contributed by atoms with Crippen molar-refractivity contribution in [1.29, 1.82) is 0 Å². The lowest BCUT2D eigenvalue weighted by atomic mass is 10.3. The number of rotatable bonds is 3. The van der Waals surface area contributed by atoms with Crippen molar-refractivity contribution < 1.29 is 0 Å². The van der Waals surface area contributed by atoms with Gasteiger partial charge >= 0.3 is 0 Å². The van der Waals surface area contributed by atoms with E-state index >= 15 is 0 Å². The van der Waals surface area contributed by atoms with Gasteiger partial charge in [-0.1, -0.05) is 16.8 Å². The molecular weight excluding hydrogens is 264 g/mol. The summed E-state index contributed by atoms with van der Waals surface area (Å²) in [5.41, 5.74) is 8.26. The zero-order chi connectivity index (χ0) is 13.4. The third-order valence-electron chi connectivity index (χ3n) is 2.81. The minimum atomic E-state index is -0.117. The molecule has 3 rings (SSSR count). The third-order valence-corrected chi connectivity index (χ3v) is 3.04. The summed E-state index contributed by atoms with van der Waals surface area (Å²) in [6.45, 7) is 2.43. The van der Waals surface area contributed by atoms with Crippen molar-refractivity contribution in [3.05, 3.63) is 47.1 Å². The van der Waals surface area contributed by atoms with Crippen molar-refractivity contribution in [2.24, 2.45) is 5.73 Å². The second-order valence-corrected chi connectivity index (χ2v) is 4.91. The Balaban J connectivity index is 1.87. The van der Waals surface area contributed by atoms with Gasteiger partial charge in [-0.25, -0.2) is 9.67 Å². The van der Waals surface area contributed by atoms with Crippen LogP contribution in [0.25, 0.3) is 5.65 Å². The molecule has 0 aliphatic rings. The van der Waals surface area contributed by atoms with E-state index in [2.05, 4.69) is 15.3 Å². The summed E-state index contributed by atoms with van der Waals surface area (Å²) < 4.78 is 3.61. The lowest BCUT2D eigenvalue weighted by Crippen LogP contribution is -2.05. The maximum atomic E-state index is 5.94. The van der Waals surface area contributed by atoms with Gasteiger partial charge in [0.25, 0.3) is 0 Å². The standard InChI is InChI=1S/C12H13ClN6/c1-8(14)11-7-19(17-16-11)6-10-5-18-4-9(13)2-3-12(18)15-10/h2-5,7-8H,6,14H2,1H3. The first kappa shape index (κ1) is 12.1. The molecule has 3 heterocycles. The highest BCUT2D eigenvalue weighted by atomic mass is 35.5. The molecule has 7 heteroatoms. The monoisotopic (exact) mass is 276 g/mol. The largest absolute Gasteiger partial charge is 0.323 e. The first-order valence-corrected chi connectivity index (χ1v) is 6.28. The number of hydrogen-bond donors (Lipinski definition) is 1. The summed E-state index contributed by atoms with van der Waals surface area (Å²) in [6.07, 6.45) is 5.58. The molecule has 0 radical (unpaired) electrons. The van der Waals surface area contributed by atoms with Crippen molar-refractivity contribution in [2.45, 2.75) is 19.5 Å². The minimum Gasteiger partial charge on any atom is -0.323 e. The van der Waals surface area contributed by atoms with Crippen LogP contribution in [-0.4, -0.2) is 24.4 Å². The van der Waals surface area contributed by atoms with Crippen molar-refractivity contribution in [2.75, 3.05) is 0 Å². The Kier molecular flexibility index (Phi) is 2.96. The predicted molar refractivity (Wildman–Crippen MR) is 71.9 cm³/mol. The Bertz CT molecular complexity index is 714. The van der Waals surface area contributed by atoms with Crippen LogP contribution in [0.15, 0.2) is 30.7 Å². The summed E-state index contributed by atoms with van der Waals surface area (Å²) >= 11 is 5.94. The Labute approximate surface area is 114 Å².